The Morgan fingerprint density at radius 1 is 1.23 bits per heavy atom. The number of fused-ring (bicyclic) bond motifs is 1. The first-order chi connectivity index (χ1) is 14.1. The van der Waals surface area contributed by atoms with E-state index in [0.717, 1.165) is 39.1 Å². The maximum Gasteiger partial charge on any atom is 0.490 e. The van der Waals surface area contributed by atoms with E-state index in [1.54, 1.807) is 0 Å². The fourth-order valence-electron chi connectivity index (χ4n) is 4.29. The molecule has 30 heavy (non-hydrogen) atoms. The highest BCUT2D eigenvalue weighted by atomic mass is 32.1. The van der Waals surface area contributed by atoms with Crippen molar-refractivity contribution in [3.8, 4) is 0 Å². The number of nitrogens with zero attached hydrogens (tertiary/aromatic N) is 2. The largest absolute Gasteiger partial charge is 0.490 e. The van der Waals surface area contributed by atoms with E-state index in [1.165, 1.54) is 22.6 Å². The number of likely N-dealkylation sites (tertiary alicyclic amines) is 2. The van der Waals surface area contributed by atoms with Gasteiger partial charge in [0.05, 0.1) is 18.6 Å². The SMILES string of the molecule is Cc1ccc(CN2C[C@@H]3C[C@H](CC(=O)N4CCCC4)O[C@@H]3C2)s1.O=C(O)C(F)(F)F. The number of amides is 1. The lowest BCUT2D eigenvalue weighted by Crippen LogP contribution is -2.32. The van der Waals surface area contributed by atoms with Crippen molar-refractivity contribution in [2.24, 2.45) is 5.92 Å². The van der Waals surface area contributed by atoms with E-state index in [1.807, 2.05) is 16.2 Å². The van der Waals surface area contributed by atoms with E-state index in [9.17, 15) is 18.0 Å². The summed E-state index contributed by atoms with van der Waals surface area (Å²) in [6.45, 7) is 7.26. The van der Waals surface area contributed by atoms with Crippen LogP contribution in [0, 0.1) is 12.8 Å². The molecule has 168 valence electrons. The van der Waals surface area contributed by atoms with E-state index in [4.69, 9.17) is 14.6 Å². The molecule has 0 aliphatic carbocycles. The molecule has 6 nitrogen and oxygen atoms in total. The van der Waals surface area contributed by atoms with Gasteiger partial charge >= 0.3 is 12.1 Å². The minimum Gasteiger partial charge on any atom is -0.475 e. The molecular formula is C20H27F3N2O4S. The van der Waals surface area contributed by atoms with E-state index in [-0.39, 0.29) is 6.10 Å². The zero-order chi connectivity index (χ0) is 21.9. The van der Waals surface area contributed by atoms with Gasteiger partial charge < -0.3 is 14.7 Å². The first-order valence-electron chi connectivity index (χ1n) is 10.1. The van der Waals surface area contributed by atoms with Crippen molar-refractivity contribution in [2.75, 3.05) is 26.2 Å². The molecule has 1 aromatic heterocycles. The average Bonchev–Trinajstić information content (AvgIpc) is 3.40. The summed E-state index contributed by atoms with van der Waals surface area (Å²) >= 11 is 1.89. The Kier molecular flexibility index (Phi) is 7.41. The number of alkyl halides is 3. The smallest absolute Gasteiger partial charge is 0.475 e. The molecule has 3 aliphatic rings. The molecule has 3 atom stereocenters. The number of carboxylic acids is 1. The van der Waals surface area contributed by atoms with Crippen LogP contribution in [0.3, 0.4) is 0 Å². The molecule has 1 aromatic rings. The van der Waals surface area contributed by atoms with Gasteiger partial charge in [-0.05, 0) is 38.3 Å². The highest BCUT2D eigenvalue weighted by Crippen LogP contribution is 2.35. The Hall–Kier alpha value is -1.65. The van der Waals surface area contributed by atoms with E-state index >= 15 is 0 Å². The molecule has 3 fully saturated rings. The second-order valence-electron chi connectivity index (χ2n) is 8.09. The van der Waals surface area contributed by atoms with Gasteiger partial charge in [-0.3, -0.25) is 9.69 Å². The van der Waals surface area contributed by atoms with Gasteiger partial charge in [0.2, 0.25) is 5.91 Å². The van der Waals surface area contributed by atoms with Crippen molar-refractivity contribution in [2.45, 2.75) is 57.5 Å². The Morgan fingerprint density at radius 2 is 1.90 bits per heavy atom. The molecule has 1 N–H and O–H groups in total. The summed E-state index contributed by atoms with van der Waals surface area (Å²) in [5.74, 6) is -1.83. The van der Waals surface area contributed by atoms with Crippen LogP contribution in [0.4, 0.5) is 13.2 Å². The van der Waals surface area contributed by atoms with E-state index < -0.39 is 12.1 Å². The maximum absolute atomic E-state index is 12.3. The highest BCUT2D eigenvalue weighted by molar-refractivity contribution is 7.11. The normalized spacial score (nSPS) is 26.4. The second kappa shape index (κ2) is 9.65. The number of aryl methyl sites for hydroxylation is 1. The van der Waals surface area contributed by atoms with Crippen LogP contribution >= 0.6 is 11.3 Å². The molecule has 4 heterocycles. The molecule has 10 heteroatoms. The first kappa shape index (κ1) is 23.0. The lowest BCUT2D eigenvalue weighted by molar-refractivity contribution is -0.192. The molecule has 4 rings (SSSR count). The summed E-state index contributed by atoms with van der Waals surface area (Å²) in [4.78, 5) is 28.5. The molecule has 1 amide bonds. The summed E-state index contributed by atoms with van der Waals surface area (Å²) in [5, 5.41) is 7.12. The zero-order valence-electron chi connectivity index (χ0n) is 16.9. The van der Waals surface area contributed by atoms with Crippen LogP contribution in [0.1, 0.15) is 35.4 Å². The zero-order valence-corrected chi connectivity index (χ0v) is 17.7. The van der Waals surface area contributed by atoms with Crippen LogP contribution in [0.15, 0.2) is 12.1 Å². The van der Waals surface area contributed by atoms with Crippen molar-refractivity contribution >= 4 is 23.2 Å². The number of aliphatic carboxylic acids is 1. The standard InChI is InChI=1S/C18H26N2O2S.C2HF3O2/c1-13-4-5-16(23-13)11-19-10-14-8-15(22-17(14)12-19)9-18(21)20-6-2-3-7-20;3-2(4,5)1(6)7/h4-5,14-15,17H,2-3,6-12H2,1H3;(H,6,7)/t14-,15+,17+;/m0./s1. The number of ether oxygens (including phenoxy) is 1. The number of hydrogen-bond donors (Lipinski definition) is 1. The van der Waals surface area contributed by atoms with Gasteiger partial charge in [-0.15, -0.1) is 11.3 Å². The number of halogens is 3. The summed E-state index contributed by atoms with van der Waals surface area (Å²) in [7, 11) is 0. The number of thiophene rings is 1. The molecule has 0 bridgehead atoms. The van der Waals surface area contributed by atoms with Crippen molar-refractivity contribution in [3.05, 3.63) is 21.9 Å². The van der Waals surface area contributed by atoms with Gasteiger partial charge in [0.15, 0.2) is 0 Å². The van der Waals surface area contributed by atoms with Gasteiger partial charge in [-0.1, -0.05) is 0 Å². The number of rotatable bonds is 4. The molecular weight excluding hydrogens is 421 g/mol. The topological polar surface area (TPSA) is 70.1 Å². The predicted octanol–water partition coefficient (Wildman–Crippen LogP) is 3.29. The van der Waals surface area contributed by atoms with Crippen molar-refractivity contribution in [1.82, 2.24) is 9.80 Å². The molecule has 3 aliphatic heterocycles. The second-order valence-corrected chi connectivity index (χ2v) is 9.47. The van der Waals surface area contributed by atoms with E-state index in [0.29, 0.717) is 24.3 Å². The third-order valence-electron chi connectivity index (χ3n) is 5.67. The van der Waals surface area contributed by atoms with Crippen LogP contribution in [-0.2, 0) is 20.9 Å². The Balaban J connectivity index is 0.000000318. The first-order valence-corrected chi connectivity index (χ1v) is 10.9. The van der Waals surface area contributed by atoms with Gasteiger partial charge in [-0.2, -0.15) is 13.2 Å². The number of carbonyl (C=O) groups excluding carboxylic acids is 1. The van der Waals surface area contributed by atoms with Crippen molar-refractivity contribution < 1.29 is 32.6 Å². The average molecular weight is 449 g/mol. The highest BCUT2D eigenvalue weighted by Gasteiger charge is 2.42. The van der Waals surface area contributed by atoms with Crippen molar-refractivity contribution in [1.29, 1.82) is 0 Å². The number of carbonyl (C=O) groups is 2. The molecule has 0 aromatic carbocycles. The Bertz CT molecular complexity index is 735. The van der Waals surface area contributed by atoms with Crippen LogP contribution in [-0.4, -0.2) is 71.3 Å². The van der Waals surface area contributed by atoms with Gasteiger partial charge in [0.25, 0.3) is 0 Å². The molecule has 0 radical (unpaired) electrons. The van der Waals surface area contributed by atoms with E-state index in [2.05, 4.69) is 24.0 Å². The van der Waals surface area contributed by atoms with Crippen LogP contribution < -0.4 is 0 Å². The molecule has 3 saturated heterocycles. The third kappa shape index (κ3) is 6.18. The minimum absolute atomic E-state index is 0.157. The van der Waals surface area contributed by atoms with Gasteiger partial charge in [0.1, 0.15) is 0 Å². The van der Waals surface area contributed by atoms with Crippen LogP contribution in [0.5, 0.6) is 0 Å². The third-order valence-corrected chi connectivity index (χ3v) is 6.65. The summed E-state index contributed by atoms with van der Waals surface area (Å²) in [6, 6.07) is 4.44. The summed E-state index contributed by atoms with van der Waals surface area (Å²) in [6.07, 6.45) is -0.600. The summed E-state index contributed by atoms with van der Waals surface area (Å²) in [5.41, 5.74) is 0. The number of carboxylic acid groups (broad SMARTS) is 1. The monoisotopic (exact) mass is 448 g/mol. The molecule has 0 unspecified atom stereocenters. The van der Waals surface area contributed by atoms with Crippen LogP contribution in [0.2, 0.25) is 0 Å². The lowest BCUT2D eigenvalue weighted by Gasteiger charge is -2.20. The summed E-state index contributed by atoms with van der Waals surface area (Å²) < 4.78 is 37.9. The lowest BCUT2D eigenvalue weighted by atomic mass is 10.0. The fourth-order valence-corrected chi connectivity index (χ4v) is 5.22. The predicted molar refractivity (Wildman–Crippen MR) is 105 cm³/mol. The van der Waals surface area contributed by atoms with Crippen molar-refractivity contribution in [3.63, 3.8) is 0 Å². The maximum atomic E-state index is 12.3. The van der Waals surface area contributed by atoms with Crippen LogP contribution in [0.25, 0.3) is 0 Å². The minimum atomic E-state index is -5.08. The Labute approximate surface area is 177 Å². The molecule has 0 spiro atoms. The van der Waals surface area contributed by atoms with Gasteiger partial charge in [-0.25, -0.2) is 4.79 Å². The quantitative estimate of drug-likeness (QED) is 0.766. The Morgan fingerprint density at radius 3 is 2.43 bits per heavy atom. The van der Waals surface area contributed by atoms with Gasteiger partial charge in [0, 0.05) is 48.4 Å². The number of hydrogen-bond acceptors (Lipinski definition) is 5. The molecule has 0 saturated carbocycles. The fraction of sp³-hybridized carbons (Fsp3) is 0.700.